The first-order valence-electron chi connectivity index (χ1n) is 4.56. The molecule has 0 spiro atoms. The molecule has 0 radical (unpaired) electrons. The van der Waals surface area contributed by atoms with Crippen molar-refractivity contribution < 1.29 is 9.90 Å². The third kappa shape index (κ3) is 2.17. The summed E-state index contributed by atoms with van der Waals surface area (Å²) in [7, 11) is 0. The highest BCUT2D eigenvalue weighted by molar-refractivity contribution is 7.09. The van der Waals surface area contributed by atoms with Gasteiger partial charge in [-0.1, -0.05) is 12.1 Å². The Morgan fingerprint density at radius 1 is 1.44 bits per heavy atom. The zero-order chi connectivity index (χ0) is 11.5. The summed E-state index contributed by atoms with van der Waals surface area (Å²) < 4.78 is 4.01. The second-order valence-electron chi connectivity index (χ2n) is 3.12. The molecule has 0 aliphatic carbocycles. The number of anilines is 2. The second kappa shape index (κ2) is 4.28. The lowest BCUT2D eigenvalue weighted by atomic mass is 10.2. The third-order valence-corrected chi connectivity index (χ3v) is 2.65. The molecule has 1 aromatic carbocycles. The van der Waals surface area contributed by atoms with Gasteiger partial charge in [0.05, 0.1) is 11.3 Å². The lowest BCUT2D eigenvalue weighted by Crippen LogP contribution is -2.02. The number of rotatable bonds is 3. The molecular formula is C10H9N3O2S. The molecule has 2 aromatic rings. The SMILES string of the molecule is Cc1nsc(Nc2ccccc2C(=O)O)n1. The summed E-state index contributed by atoms with van der Waals surface area (Å²) in [6.45, 7) is 1.78. The van der Waals surface area contributed by atoms with Gasteiger partial charge in [-0.05, 0) is 19.1 Å². The highest BCUT2D eigenvalue weighted by Crippen LogP contribution is 2.21. The van der Waals surface area contributed by atoms with E-state index in [9.17, 15) is 4.79 Å². The molecule has 0 aliphatic rings. The summed E-state index contributed by atoms with van der Waals surface area (Å²) >= 11 is 1.20. The number of benzene rings is 1. The average molecular weight is 235 g/mol. The van der Waals surface area contributed by atoms with E-state index in [0.717, 1.165) is 0 Å². The largest absolute Gasteiger partial charge is 0.478 e. The number of nitrogens with one attached hydrogen (secondary N) is 1. The maximum absolute atomic E-state index is 10.9. The van der Waals surface area contributed by atoms with Crippen LogP contribution in [-0.4, -0.2) is 20.4 Å². The minimum atomic E-state index is -0.968. The zero-order valence-electron chi connectivity index (χ0n) is 8.47. The number of nitrogens with zero attached hydrogens (tertiary/aromatic N) is 2. The maximum atomic E-state index is 10.9. The molecule has 1 aromatic heterocycles. The van der Waals surface area contributed by atoms with Gasteiger partial charge in [-0.3, -0.25) is 0 Å². The molecule has 0 atom stereocenters. The fourth-order valence-corrected chi connectivity index (χ4v) is 1.83. The molecule has 82 valence electrons. The molecule has 0 unspecified atom stereocenters. The van der Waals surface area contributed by atoms with Gasteiger partial charge >= 0.3 is 5.97 Å². The molecule has 6 heteroatoms. The highest BCUT2D eigenvalue weighted by Gasteiger charge is 2.10. The molecule has 2 N–H and O–H groups in total. The number of carbonyl (C=O) groups is 1. The molecule has 0 amide bonds. The summed E-state index contributed by atoms with van der Waals surface area (Å²) in [4.78, 5) is 15.1. The number of aryl methyl sites for hydroxylation is 1. The highest BCUT2D eigenvalue weighted by atomic mass is 32.1. The van der Waals surface area contributed by atoms with Gasteiger partial charge < -0.3 is 10.4 Å². The summed E-state index contributed by atoms with van der Waals surface area (Å²) in [5.74, 6) is -0.301. The Labute approximate surface area is 95.9 Å². The number of aromatic carboxylic acids is 1. The molecule has 0 bridgehead atoms. The lowest BCUT2D eigenvalue weighted by Gasteiger charge is -2.05. The van der Waals surface area contributed by atoms with Crippen LogP contribution < -0.4 is 5.32 Å². The third-order valence-electron chi connectivity index (χ3n) is 1.93. The Balaban J connectivity index is 2.31. The molecule has 0 fully saturated rings. The van der Waals surface area contributed by atoms with Crippen LogP contribution in [0.2, 0.25) is 0 Å². The number of hydrogen-bond acceptors (Lipinski definition) is 5. The van der Waals surface area contributed by atoms with Crippen LogP contribution in [0.15, 0.2) is 24.3 Å². The van der Waals surface area contributed by atoms with Crippen molar-refractivity contribution in [3.8, 4) is 0 Å². The Bertz CT molecular complexity index is 524. The van der Waals surface area contributed by atoms with Crippen molar-refractivity contribution in [1.29, 1.82) is 0 Å². The first-order chi connectivity index (χ1) is 7.66. The minimum absolute atomic E-state index is 0.218. The number of para-hydroxylation sites is 1. The number of hydrogen-bond donors (Lipinski definition) is 2. The predicted molar refractivity (Wildman–Crippen MR) is 61.3 cm³/mol. The smallest absolute Gasteiger partial charge is 0.337 e. The summed E-state index contributed by atoms with van der Waals surface area (Å²) in [6, 6.07) is 6.68. The van der Waals surface area contributed by atoms with Gasteiger partial charge in [0.1, 0.15) is 5.82 Å². The molecular weight excluding hydrogens is 226 g/mol. The van der Waals surface area contributed by atoms with E-state index in [4.69, 9.17) is 5.11 Å². The van der Waals surface area contributed by atoms with E-state index >= 15 is 0 Å². The van der Waals surface area contributed by atoms with Crippen LogP contribution in [0.4, 0.5) is 10.8 Å². The monoisotopic (exact) mass is 235 g/mol. The van der Waals surface area contributed by atoms with Gasteiger partial charge in [0.15, 0.2) is 0 Å². The van der Waals surface area contributed by atoms with E-state index in [1.165, 1.54) is 11.5 Å². The van der Waals surface area contributed by atoms with Crippen LogP contribution in [0.5, 0.6) is 0 Å². The Morgan fingerprint density at radius 2 is 2.19 bits per heavy atom. The predicted octanol–water partition coefficient (Wildman–Crippen LogP) is 2.29. The number of aromatic nitrogens is 2. The zero-order valence-corrected chi connectivity index (χ0v) is 9.28. The average Bonchev–Trinajstić information content (AvgIpc) is 2.64. The number of carboxylic acids is 1. The molecule has 0 aliphatic heterocycles. The molecule has 5 nitrogen and oxygen atoms in total. The molecule has 16 heavy (non-hydrogen) atoms. The number of carboxylic acid groups (broad SMARTS) is 1. The van der Waals surface area contributed by atoms with Crippen LogP contribution in [0.3, 0.4) is 0 Å². The molecule has 1 heterocycles. The van der Waals surface area contributed by atoms with Crippen LogP contribution >= 0.6 is 11.5 Å². The van der Waals surface area contributed by atoms with E-state index in [1.807, 2.05) is 0 Å². The van der Waals surface area contributed by atoms with Gasteiger partial charge in [-0.25, -0.2) is 9.78 Å². The summed E-state index contributed by atoms with van der Waals surface area (Å²) in [5, 5.41) is 12.5. The molecule has 0 saturated heterocycles. The van der Waals surface area contributed by atoms with E-state index in [-0.39, 0.29) is 5.56 Å². The molecule has 2 rings (SSSR count). The van der Waals surface area contributed by atoms with Crippen LogP contribution in [0, 0.1) is 6.92 Å². The van der Waals surface area contributed by atoms with Crippen molar-refractivity contribution >= 4 is 28.3 Å². The van der Waals surface area contributed by atoms with Crippen LogP contribution in [0.1, 0.15) is 16.2 Å². The van der Waals surface area contributed by atoms with E-state index in [1.54, 1.807) is 31.2 Å². The van der Waals surface area contributed by atoms with Crippen molar-refractivity contribution in [3.05, 3.63) is 35.7 Å². The van der Waals surface area contributed by atoms with Crippen molar-refractivity contribution in [1.82, 2.24) is 9.36 Å². The normalized spacial score (nSPS) is 10.1. The Hall–Kier alpha value is -1.95. The van der Waals surface area contributed by atoms with Crippen molar-refractivity contribution in [2.75, 3.05) is 5.32 Å². The quantitative estimate of drug-likeness (QED) is 0.853. The fraction of sp³-hybridized carbons (Fsp3) is 0.100. The first-order valence-corrected chi connectivity index (χ1v) is 5.34. The first kappa shape index (κ1) is 10.6. The van der Waals surface area contributed by atoms with Crippen LogP contribution in [0.25, 0.3) is 0 Å². The summed E-state index contributed by atoms with van der Waals surface area (Å²) in [6.07, 6.45) is 0. The van der Waals surface area contributed by atoms with Gasteiger partial charge in [0, 0.05) is 11.5 Å². The van der Waals surface area contributed by atoms with E-state index in [2.05, 4.69) is 14.7 Å². The van der Waals surface area contributed by atoms with Gasteiger partial charge in [0.2, 0.25) is 5.13 Å². The minimum Gasteiger partial charge on any atom is -0.478 e. The van der Waals surface area contributed by atoms with Gasteiger partial charge in [0.25, 0.3) is 0 Å². The van der Waals surface area contributed by atoms with Gasteiger partial charge in [-0.2, -0.15) is 4.37 Å². The fourth-order valence-electron chi connectivity index (χ4n) is 1.24. The van der Waals surface area contributed by atoms with E-state index in [0.29, 0.717) is 16.6 Å². The second-order valence-corrected chi connectivity index (χ2v) is 3.87. The summed E-state index contributed by atoms with van der Waals surface area (Å²) in [5.41, 5.74) is 0.738. The van der Waals surface area contributed by atoms with E-state index < -0.39 is 5.97 Å². The Kier molecular flexibility index (Phi) is 2.82. The lowest BCUT2D eigenvalue weighted by molar-refractivity contribution is 0.0698. The topological polar surface area (TPSA) is 75.1 Å². The van der Waals surface area contributed by atoms with Crippen LogP contribution in [-0.2, 0) is 0 Å². The van der Waals surface area contributed by atoms with Crippen molar-refractivity contribution in [3.63, 3.8) is 0 Å². The maximum Gasteiger partial charge on any atom is 0.337 e. The van der Waals surface area contributed by atoms with Gasteiger partial charge in [-0.15, -0.1) is 0 Å². The molecule has 0 saturated carbocycles. The van der Waals surface area contributed by atoms with Crippen molar-refractivity contribution in [2.45, 2.75) is 6.92 Å². The Morgan fingerprint density at radius 3 is 2.81 bits per heavy atom. The standard InChI is InChI=1S/C10H9N3O2S/c1-6-11-10(16-13-6)12-8-5-3-2-4-7(8)9(14)15/h2-5H,1H3,(H,14,15)(H,11,12,13). The van der Waals surface area contributed by atoms with Crippen molar-refractivity contribution in [2.24, 2.45) is 0 Å².